The summed E-state index contributed by atoms with van der Waals surface area (Å²) < 4.78 is 5.25. The van der Waals surface area contributed by atoms with Crippen molar-refractivity contribution in [3.05, 3.63) is 28.8 Å². The Morgan fingerprint density at radius 3 is 2.50 bits per heavy atom. The van der Waals surface area contributed by atoms with Crippen LogP contribution in [-0.2, 0) is 4.79 Å². The van der Waals surface area contributed by atoms with Crippen molar-refractivity contribution < 1.29 is 9.53 Å². The molecule has 0 radical (unpaired) electrons. The maximum absolute atomic E-state index is 10.9. The number of hydrogen-bond acceptors (Lipinski definition) is 2. The van der Waals surface area contributed by atoms with Crippen LogP contribution in [-0.4, -0.2) is 13.0 Å². The molecule has 0 saturated carbocycles. The summed E-state index contributed by atoms with van der Waals surface area (Å²) in [7, 11) is 1.66. The van der Waals surface area contributed by atoms with E-state index in [-0.39, 0.29) is 11.8 Å². The van der Waals surface area contributed by atoms with Crippen molar-refractivity contribution in [2.45, 2.75) is 33.1 Å². The standard InChI is InChI=1S/C13H19NO2/c1-8-6-12(16-4)10(3)5-11(8)9(2)7-13(14)15/h5-6,9H,7H2,1-4H3,(H2,14,15). The highest BCUT2D eigenvalue weighted by atomic mass is 16.5. The Kier molecular flexibility index (Phi) is 3.93. The number of aryl methyl sites for hydroxylation is 2. The molecular weight excluding hydrogens is 202 g/mol. The molecule has 0 aliphatic rings. The fraction of sp³-hybridized carbons (Fsp3) is 0.462. The molecule has 1 rings (SSSR count). The van der Waals surface area contributed by atoms with Gasteiger partial charge < -0.3 is 10.5 Å². The number of nitrogens with two attached hydrogens (primary N) is 1. The van der Waals surface area contributed by atoms with E-state index >= 15 is 0 Å². The summed E-state index contributed by atoms with van der Waals surface area (Å²) in [5, 5.41) is 0. The number of amides is 1. The molecule has 16 heavy (non-hydrogen) atoms. The smallest absolute Gasteiger partial charge is 0.218 e. The lowest BCUT2D eigenvalue weighted by atomic mass is 9.92. The molecule has 0 saturated heterocycles. The highest BCUT2D eigenvalue weighted by Crippen LogP contribution is 2.28. The van der Waals surface area contributed by atoms with Crippen LogP contribution in [0.25, 0.3) is 0 Å². The molecule has 0 fully saturated rings. The number of carbonyl (C=O) groups excluding carboxylic acids is 1. The third-order valence-electron chi connectivity index (χ3n) is 2.82. The Balaban J connectivity index is 3.05. The van der Waals surface area contributed by atoms with E-state index in [2.05, 4.69) is 6.07 Å². The number of ether oxygens (including phenoxy) is 1. The summed E-state index contributed by atoms with van der Waals surface area (Å²) in [5.74, 6) is 0.773. The summed E-state index contributed by atoms with van der Waals surface area (Å²) in [6.07, 6.45) is 0.382. The van der Waals surface area contributed by atoms with Crippen molar-refractivity contribution in [3.8, 4) is 5.75 Å². The fourth-order valence-corrected chi connectivity index (χ4v) is 1.97. The van der Waals surface area contributed by atoms with Crippen LogP contribution in [0.2, 0.25) is 0 Å². The first-order chi connectivity index (χ1) is 7.45. The maximum atomic E-state index is 10.9. The van der Waals surface area contributed by atoms with Gasteiger partial charge in [0.15, 0.2) is 0 Å². The zero-order valence-electron chi connectivity index (χ0n) is 10.3. The first-order valence-electron chi connectivity index (χ1n) is 5.39. The predicted molar refractivity (Wildman–Crippen MR) is 64.7 cm³/mol. The van der Waals surface area contributed by atoms with E-state index in [9.17, 15) is 4.79 Å². The lowest BCUT2D eigenvalue weighted by Gasteiger charge is -2.16. The number of carbonyl (C=O) groups is 1. The normalized spacial score (nSPS) is 12.2. The third kappa shape index (κ3) is 2.75. The SMILES string of the molecule is COc1cc(C)c(C(C)CC(N)=O)cc1C. The fourth-order valence-electron chi connectivity index (χ4n) is 1.97. The molecule has 1 aromatic carbocycles. The molecule has 0 aliphatic heterocycles. The van der Waals surface area contributed by atoms with Crippen molar-refractivity contribution >= 4 is 5.91 Å². The quantitative estimate of drug-likeness (QED) is 0.848. The first kappa shape index (κ1) is 12.6. The van der Waals surface area contributed by atoms with Gasteiger partial charge in [0.05, 0.1) is 7.11 Å². The van der Waals surface area contributed by atoms with E-state index in [1.54, 1.807) is 7.11 Å². The molecule has 3 nitrogen and oxygen atoms in total. The molecule has 0 spiro atoms. The van der Waals surface area contributed by atoms with E-state index in [0.29, 0.717) is 6.42 Å². The van der Waals surface area contributed by atoms with Crippen LogP contribution in [0, 0.1) is 13.8 Å². The molecule has 3 heteroatoms. The van der Waals surface area contributed by atoms with Gasteiger partial charge in [-0.25, -0.2) is 0 Å². The molecule has 1 atom stereocenters. The van der Waals surface area contributed by atoms with Gasteiger partial charge in [0, 0.05) is 6.42 Å². The lowest BCUT2D eigenvalue weighted by molar-refractivity contribution is -0.118. The van der Waals surface area contributed by atoms with Crippen LogP contribution in [0.3, 0.4) is 0 Å². The van der Waals surface area contributed by atoms with Crippen LogP contribution in [0.5, 0.6) is 5.75 Å². The van der Waals surface area contributed by atoms with Crippen LogP contribution >= 0.6 is 0 Å². The molecule has 88 valence electrons. The summed E-state index contributed by atoms with van der Waals surface area (Å²) in [6.45, 7) is 6.03. The van der Waals surface area contributed by atoms with Crippen molar-refractivity contribution in [1.29, 1.82) is 0 Å². The molecule has 2 N–H and O–H groups in total. The summed E-state index contributed by atoms with van der Waals surface area (Å²) in [5.41, 5.74) is 8.59. The number of benzene rings is 1. The van der Waals surface area contributed by atoms with Gasteiger partial charge in [-0.2, -0.15) is 0 Å². The van der Waals surface area contributed by atoms with Gasteiger partial charge in [0.1, 0.15) is 5.75 Å². The van der Waals surface area contributed by atoms with E-state index in [1.165, 1.54) is 0 Å². The topological polar surface area (TPSA) is 52.3 Å². The van der Waals surface area contributed by atoms with Gasteiger partial charge in [-0.1, -0.05) is 13.0 Å². The molecule has 1 aromatic rings. The van der Waals surface area contributed by atoms with Crippen LogP contribution in [0.15, 0.2) is 12.1 Å². The summed E-state index contributed by atoms with van der Waals surface area (Å²) >= 11 is 0. The van der Waals surface area contributed by atoms with Gasteiger partial charge in [-0.15, -0.1) is 0 Å². The predicted octanol–water partition coefficient (Wildman–Crippen LogP) is 2.29. The molecule has 1 amide bonds. The second-order valence-electron chi connectivity index (χ2n) is 4.25. The van der Waals surface area contributed by atoms with Crippen molar-refractivity contribution in [2.75, 3.05) is 7.11 Å². The summed E-state index contributed by atoms with van der Waals surface area (Å²) in [6, 6.07) is 4.07. The van der Waals surface area contributed by atoms with Gasteiger partial charge in [0.2, 0.25) is 5.91 Å². The van der Waals surface area contributed by atoms with E-state index in [0.717, 1.165) is 22.4 Å². The zero-order valence-corrected chi connectivity index (χ0v) is 10.3. The number of hydrogen-bond donors (Lipinski definition) is 1. The maximum Gasteiger partial charge on any atom is 0.218 e. The van der Waals surface area contributed by atoms with Crippen molar-refractivity contribution in [3.63, 3.8) is 0 Å². The van der Waals surface area contributed by atoms with E-state index in [1.807, 2.05) is 26.8 Å². The Labute approximate surface area is 96.6 Å². The first-order valence-corrected chi connectivity index (χ1v) is 5.39. The summed E-state index contributed by atoms with van der Waals surface area (Å²) in [4.78, 5) is 10.9. The molecule has 1 unspecified atom stereocenters. The second kappa shape index (κ2) is 5.01. The number of rotatable bonds is 4. The largest absolute Gasteiger partial charge is 0.496 e. The highest BCUT2D eigenvalue weighted by Gasteiger charge is 2.13. The molecule has 0 aromatic heterocycles. The molecule has 0 bridgehead atoms. The van der Waals surface area contributed by atoms with Crippen LogP contribution in [0.4, 0.5) is 0 Å². The monoisotopic (exact) mass is 221 g/mol. The van der Waals surface area contributed by atoms with Crippen LogP contribution < -0.4 is 10.5 Å². The lowest BCUT2D eigenvalue weighted by Crippen LogP contribution is -2.14. The minimum absolute atomic E-state index is 0.155. The third-order valence-corrected chi connectivity index (χ3v) is 2.82. The van der Waals surface area contributed by atoms with E-state index < -0.39 is 0 Å². The molecule has 0 heterocycles. The van der Waals surface area contributed by atoms with Gasteiger partial charge in [-0.3, -0.25) is 4.79 Å². The average Bonchev–Trinajstić information content (AvgIpc) is 2.19. The highest BCUT2D eigenvalue weighted by molar-refractivity contribution is 5.74. The number of primary amides is 1. The molecule has 0 aliphatic carbocycles. The van der Waals surface area contributed by atoms with Crippen LogP contribution in [0.1, 0.15) is 36.0 Å². The van der Waals surface area contributed by atoms with Gasteiger partial charge in [-0.05, 0) is 42.5 Å². The van der Waals surface area contributed by atoms with E-state index in [4.69, 9.17) is 10.5 Å². The Bertz CT molecular complexity index is 399. The average molecular weight is 221 g/mol. The van der Waals surface area contributed by atoms with Gasteiger partial charge >= 0.3 is 0 Å². The minimum atomic E-state index is -0.264. The van der Waals surface area contributed by atoms with Crippen molar-refractivity contribution in [1.82, 2.24) is 0 Å². The Morgan fingerprint density at radius 1 is 1.38 bits per heavy atom. The minimum Gasteiger partial charge on any atom is -0.496 e. The molecular formula is C13H19NO2. The second-order valence-corrected chi connectivity index (χ2v) is 4.25. The Morgan fingerprint density at radius 2 is 2.00 bits per heavy atom. The Hall–Kier alpha value is -1.51. The van der Waals surface area contributed by atoms with Crippen molar-refractivity contribution in [2.24, 2.45) is 5.73 Å². The zero-order chi connectivity index (χ0) is 12.3. The van der Waals surface area contributed by atoms with Gasteiger partial charge in [0.25, 0.3) is 0 Å². The number of methoxy groups -OCH3 is 1.